The Kier molecular flexibility index (Phi) is 6.53. The van der Waals surface area contributed by atoms with Crippen molar-refractivity contribution >= 4 is 23.2 Å². The van der Waals surface area contributed by atoms with E-state index in [9.17, 15) is 18.0 Å². The first-order valence-corrected chi connectivity index (χ1v) is 9.19. The minimum Gasteiger partial charge on any atom is -0.324 e. The van der Waals surface area contributed by atoms with Gasteiger partial charge in [0.15, 0.2) is 0 Å². The number of hydrogen-bond donors (Lipinski definition) is 1. The molecule has 0 radical (unpaired) electrons. The molecule has 28 heavy (non-hydrogen) atoms. The molecule has 0 atom stereocenters. The van der Waals surface area contributed by atoms with Crippen LogP contribution in [0.15, 0.2) is 42.7 Å². The molecule has 1 saturated heterocycles. The summed E-state index contributed by atoms with van der Waals surface area (Å²) in [6.45, 7) is 3.76. The van der Waals surface area contributed by atoms with Crippen molar-refractivity contribution in [1.82, 2.24) is 14.8 Å². The molecule has 1 fully saturated rings. The number of anilines is 1. The molecule has 0 aliphatic carbocycles. The van der Waals surface area contributed by atoms with Crippen LogP contribution in [-0.2, 0) is 17.5 Å². The fraction of sp³-hybridized carbons (Fsp3) is 0.368. The normalized spacial score (nSPS) is 16.1. The van der Waals surface area contributed by atoms with Gasteiger partial charge in [-0.15, -0.1) is 0 Å². The topological polar surface area (TPSA) is 48.5 Å². The number of rotatable bonds is 5. The molecule has 3 rings (SSSR count). The highest BCUT2D eigenvalue weighted by Gasteiger charge is 2.34. The Bertz CT molecular complexity index is 809. The van der Waals surface area contributed by atoms with E-state index >= 15 is 0 Å². The summed E-state index contributed by atoms with van der Waals surface area (Å²) < 4.78 is 39.4. The molecule has 5 nitrogen and oxygen atoms in total. The smallest absolute Gasteiger partial charge is 0.324 e. The van der Waals surface area contributed by atoms with Crippen LogP contribution in [0.4, 0.5) is 18.9 Å². The SMILES string of the molecule is O=C(CN1CCN(Cc2ccncc2)CC1)Nc1ccc(Cl)cc1C(F)(F)F. The zero-order valence-electron chi connectivity index (χ0n) is 15.0. The van der Waals surface area contributed by atoms with Crippen LogP contribution in [0.3, 0.4) is 0 Å². The van der Waals surface area contributed by atoms with Gasteiger partial charge in [-0.1, -0.05) is 11.6 Å². The lowest BCUT2D eigenvalue weighted by Gasteiger charge is -2.34. The van der Waals surface area contributed by atoms with E-state index in [0.29, 0.717) is 13.1 Å². The van der Waals surface area contributed by atoms with Crippen LogP contribution in [0.25, 0.3) is 0 Å². The average molecular weight is 413 g/mol. The van der Waals surface area contributed by atoms with Gasteiger partial charge in [0.05, 0.1) is 17.8 Å². The molecule has 1 aliphatic heterocycles. The maximum absolute atomic E-state index is 13.1. The summed E-state index contributed by atoms with van der Waals surface area (Å²) in [6.07, 6.45) is -1.09. The van der Waals surface area contributed by atoms with Crippen molar-refractivity contribution in [2.24, 2.45) is 0 Å². The number of alkyl halides is 3. The summed E-state index contributed by atoms with van der Waals surface area (Å²) in [5.74, 6) is -0.476. The minimum atomic E-state index is -4.59. The molecule has 150 valence electrons. The Morgan fingerprint density at radius 3 is 2.36 bits per heavy atom. The molecule has 1 aliphatic rings. The number of carbonyl (C=O) groups is 1. The van der Waals surface area contributed by atoms with Crippen LogP contribution in [0.5, 0.6) is 0 Å². The van der Waals surface area contributed by atoms with Gasteiger partial charge < -0.3 is 5.32 Å². The number of piperazine rings is 1. The van der Waals surface area contributed by atoms with E-state index in [4.69, 9.17) is 11.6 Å². The van der Waals surface area contributed by atoms with E-state index in [0.717, 1.165) is 25.7 Å². The van der Waals surface area contributed by atoms with Gasteiger partial charge >= 0.3 is 6.18 Å². The predicted molar refractivity (Wildman–Crippen MR) is 101 cm³/mol. The Morgan fingerprint density at radius 1 is 1.07 bits per heavy atom. The third kappa shape index (κ3) is 5.67. The average Bonchev–Trinajstić information content (AvgIpc) is 2.65. The van der Waals surface area contributed by atoms with Crippen LogP contribution < -0.4 is 5.32 Å². The summed E-state index contributed by atoms with van der Waals surface area (Å²) in [7, 11) is 0. The van der Waals surface area contributed by atoms with Crippen molar-refractivity contribution in [3.63, 3.8) is 0 Å². The van der Waals surface area contributed by atoms with Gasteiger partial charge in [-0.3, -0.25) is 19.6 Å². The number of amides is 1. The highest BCUT2D eigenvalue weighted by molar-refractivity contribution is 6.30. The van der Waals surface area contributed by atoms with Crippen LogP contribution in [0.2, 0.25) is 5.02 Å². The third-order valence-electron chi connectivity index (χ3n) is 4.55. The number of benzene rings is 1. The van der Waals surface area contributed by atoms with E-state index < -0.39 is 17.6 Å². The van der Waals surface area contributed by atoms with Crippen LogP contribution in [0.1, 0.15) is 11.1 Å². The van der Waals surface area contributed by atoms with Crippen molar-refractivity contribution < 1.29 is 18.0 Å². The van der Waals surface area contributed by atoms with Gasteiger partial charge in [0.1, 0.15) is 0 Å². The lowest BCUT2D eigenvalue weighted by atomic mass is 10.1. The molecule has 2 heterocycles. The van der Waals surface area contributed by atoms with Crippen molar-refractivity contribution in [1.29, 1.82) is 0 Å². The number of aromatic nitrogens is 1. The number of halogens is 4. The maximum Gasteiger partial charge on any atom is 0.418 e. The zero-order valence-corrected chi connectivity index (χ0v) is 15.8. The zero-order chi connectivity index (χ0) is 20.1. The second-order valence-corrected chi connectivity index (χ2v) is 7.08. The molecular weight excluding hydrogens is 393 g/mol. The van der Waals surface area contributed by atoms with E-state index in [1.807, 2.05) is 17.0 Å². The molecule has 9 heteroatoms. The molecule has 1 aromatic heterocycles. The monoisotopic (exact) mass is 412 g/mol. The predicted octanol–water partition coefficient (Wildman–Crippen LogP) is 3.51. The van der Waals surface area contributed by atoms with Crippen molar-refractivity contribution in [2.75, 3.05) is 38.0 Å². The van der Waals surface area contributed by atoms with E-state index in [-0.39, 0.29) is 17.3 Å². The highest BCUT2D eigenvalue weighted by Crippen LogP contribution is 2.36. The number of nitrogens with one attached hydrogen (secondary N) is 1. The van der Waals surface area contributed by atoms with Gasteiger partial charge in [-0.2, -0.15) is 13.2 Å². The summed E-state index contributed by atoms with van der Waals surface area (Å²) >= 11 is 5.66. The van der Waals surface area contributed by atoms with Crippen LogP contribution in [0, 0.1) is 0 Å². The fourth-order valence-electron chi connectivity index (χ4n) is 3.10. The quantitative estimate of drug-likeness (QED) is 0.816. The van der Waals surface area contributed by atoms with Gasteiger partial charge in [-0.25, -0.2) is 0 Å². The van der Waals surface area contributed by atoms with Crippen molar-refractivity contribution in [2.45, 2.75) is 12.7 Å². The summed E-state index contributed by atoms with van der Waals surface area (Å²) in [5.41, 5.74) is -0.0580. The summed E-state index contributed by atoms with van der Waals surface area (Å²) in [6, 6.07) is 7.24. The van der Waals surface area contributed by atoms with Crippen molar-refractivity contribution in [3.05, 3.63) is 58.9 Å². The highest BCUT2D eigenvalue weighted by atomic mass is 35.5. The molecule has 1 amide bonds. The Hall–Kier alpha value is -2.16. The van der Waals surface area contributed by atoms with Crippen LogP contribution >= 0.6 is 11.6 Å². The van der Waals surface area contributed by atoms with Crippen LogP contribution in [-0.4, -0.2) is 53.4 Å². The Balaban J connectivity index is 1.51. The molecule has 0 spiro atoms. The third-order valence-corrected chi connectivity index (χ3v) is 4.78. The molecule has 1 N–H and O–H groups in total. The van der Waals surface area contributed by atoms with E-state index in [1.165, 1.54) is 17.7 Å². The number of pyridine rings is 1. The van der Waals surface area contributed by atoms with E-state index in [1.54, 1.807) is 12.4 Å². The molecule has 2 aromatic rings. The van der Waals surface area contributed by atoms with Gasteiger partial charge in [0.25, 0.3) is 0 Å². The molecule has 0 bridgehead atoms. The standard InChI is InChI=1S/C19H20ClF3N4O/c20-15-1-2-17(16(11-15)19(21,22)23)25-18(28)13-27-9-7-26(8-10-27)12-14-3-5-24-6-4-14/h1-6,11H,7-10,12-13H2,(H,25,28). The minimum absolute atomic E-state index is 0.0318. The second kappa shape index (κ2) is 8.89. The largest absolute Gasteiger partial charge is 0.418 e. The van der Waals surface area contributed by atoms with Gasteiger partial charge in [0, 0.05) is 50.1 Å². The summed E-state index contributed by atoms with van der Waals surface area (Å²) in [4.78, 5) is 20.4. The number of nitrogens with zero attached hydrogens (tertiary/aromatic N) is 3. The van der Waals surface area contributed by atoms with Crippen molar-refractivity contribution in [3.8, 4) is 0 Å². The fourth-order valence-corrected chi connectivity index (χ4v) is 3.28. The first-order chi connectivity index (χ1) is 13.3. The maximum atomic E-state index is 13.1. The molecule has 0 unspecified atom stereocenters. The number of carbonyl (C=O) groups excluding carboxylic acids is 1. The first kappa shape index (κ1) is 20.6. The van der Waals surface area contributed by atoms with E-state index in [2.05, 4.69) is 15.2 Å². The first-order valence-electron chi connectivity index (χ1n) is 8.81. The lowest BCUT2D eigenvalue weighted by Crippen LogP contribution is -2.48. The summed E-state index contributed by atoms with van der Waals surface area (Å²) in [5, 5.41) is 2.33. The second-order valence-electron chi connectivity index (χ2n) is 6.64. The molecule has 1 aromatic carbocycles. The Labute approximate surface area is 166 Å². The number of hydrogen-bond acceptors (Lipinski definition) is 4. The molecule has 0 saturated carbocycles. The van der Waals surface area contributed by atoms with Gasteiger partial charge in [-0.05, 0) is 35.9 Å². The lowest BCUT2D eigenvalue weighted by molar-refractivity contribution is -0.137. The Morgan fingerprint density at radius 2 is 1.71 bits per heavy atom. The van der Waals surface area contributed by atoms with Gasteiger partial charge in [0.2, 0.25) is 5.91 Å². The molecular formula is C19H20ClF3N4O.